The van der Waals surface area contributed by atoms with Gasteiger partial charge in [0.2, 0.25) is 0 Å². The molecule has 0 saturated carbocycles. The van der Waals surface area contributed by atoms with Gasteiger partial charge in [0.15, 0.2) is 0 Å². The molecule has 0 bridgehead atoms. The molecule has 3 rings (SSSR count). The number of hydrogen-bond acceptors (Lipinski definition) is 3. The van der Waals surface area contributed by atoms with Crippen LogP contribution in [0.15, 0.2) is 0 Å². The summed E-state index contributed by atoms with van der Waals surface area (Å²) in [5.74, 6) is 1.92. The van der Waals surface area contributed by atoms with Crippen LogP contribution < -0.4 is 0 Å². The van der Waals surface area contributed by atoms with Crippen molar-refractivity contribution in [1.29, 1.82) is 0 Å². The molecule has 0 aliphatic carbocycles. The third kappa shape index (κ3) is 1.47. The van der Waals surface area contributed by atoms with Gasteiger partial charge in [0.05, 0.1) is 19.3 Å². The predicted octanol–water partition coefficient (Wildman–Crippen LogP) is 0.269. The first-order valence-electron chi connectivity index (χ1n) is 5.83. The van der Waals surface area contributed by atoms with Gasteiger partial charge in [0.1, 0.15) is 0 Å². The Morgan fingerprint density at radius 2 is 1.86 bits per heavy atom. The van der Waals surface area contributed by atoms with Crippen LogP contribution in [-0.2, 0) is 4.74 Å². The van der Waals surface area contributed by atoms with Gasteiger partial charge in [-0.3, -0.25) is 4.90 Å². The van der Waals surface area contributed by atoms with E-state index < -0.39 is 0 Å². The van der Waals surface area contributed by atoms with Crippen molar-refractivity contribution in [3.63, 3.8) is 0 Å². The molecular formula is C11H20N2O. The van der Waals surface area contributed by atoms with Crippen LogP contribution in [0.3, 0.4) is 0 Å². The first-order valence-corrected chi connectivity index (χ1v) is 5.83. The molecule has 3 nitrogen and oxygen atoms in total. The molecule has 0 aromatic carbocycles. The highest BCUT2D eigenvalue weighted by Crippen LogP contribution is 2.32. The second-order valence-corrected chi connectivity index (χ2v) is 5.22. The van der Waals surface area contributed by atoms with Crippen molar-refractivity contribution in [3.8, 4) is 0 Å². The molecule has 2 unspecified atom stereocenters. The van der Waals surface area contributed by atoms with Gasteiger partial charge in [-0.1, -0.05) is 0 Å². The molecule has 0 N–H and O–H groups in total. The topological polar surface area (TPSA) is 15.7 Å². The summed E-state index contributed by atoms with van der Waals surface area (Å²) in [4.78, 5) is 5.15. The minimum atomic E-state index is 0.755. The fraction of sp³-hybridized carbons (Fsp3) is 1.00. The monoisotopic (exact) mass is 196 g/mol. The number of piperidine rings is 1. The molecule has 3 aliphatic heterocycles. The maximum Gasteiger partial charge on any atom is 0.0645 e. The molecule has 2 atom stereocenters. The summed E-state index contributed by atoms with van der Waals surface area (Å²) in [7, 11) is 2.26. The Balaban J connectivity index is 1.61. The van der Waals surface area contributed by atoms with Crippen molar-refractivity contribution in [2.24, 2.45) is 11.8 Å². The molecule has 14 heavy (non-hydrogen) atoms. The van der Waals surface area contributed by atoms with E-state index in [0.29, 0.717) is 0 Å². The van der Waals surface area contributed by atoms with Gasteiger partial charge in [-0.2, -0.15) is 0 Å². The lowest BCUT2D eigenvalue weighted by Crippen LogP contribution is -2.48. The summed E-state index contributed by atoms with van der Waals surface area (Å²) in [5.41, 5.74) is 0. The zero-order valence-electron chi connectivity index (χ0n) is 8.98. The van der Waals surface area contributed by atoms with Crippen LogP contribution in [-0.4, -0.2) is 62.3 Å². The van der Waals surface area contributed by atoms with Gasteiger partial charge in [0.25, 0.3) is 0 Å². The van der Waals surface area contributed by atoms with E-state index in [0.717, 1.165) is 31.1 Å². The largest absolute Gasteiger partial charge is 0.378 e. The highest BCUT2D eigenvalue weighted by molar-refractivity contribution is 4.93. The highest BCUT2D eigenvalue weighted by atomic mass is 16.5. The number of ether oxygens (including phenoxy) is 1. The van der Waals surface area contributed by atoms with E-state index in [1.54, 1.807) is 0 Å². The smallest absolute Gasteiger partial charge is 0.0645 e. The van der Waals surface area contributed by atoms with Gasteiger partial charge in [-0.05, 0) is 31.8 Å². The van der Waals surface area contributed by atoms with Crippen LogP contribution in [0, 0.1) is 11.8 Å². The third-order valence-electron chi connectivity index (χ3n) is 4.17. The second-order valence-electron chi connectivity index (χ2n) is 5.22. The average Bonchev–Trinajstić information content (AvgIpc) is 2.43. The lowest BCUT2D eigenvalue weighted by Gasteiger charge is -2.34. The molecule has 3 fully saturated rings. The van der Waals surface area contributed by atoms with Crippen LogP contribution in [0.5, 0.6) is 0 Å². The van der Waals surface area contributed by atoms with Crippen molar-refractivity contribution < 1.29 is 4.74 Å². The molecule has 0 aromatic heterocycles. The molecular weight excluding hydrogens is 176 g/mol. The fourth-order valence-corrected chi connectivity index (χ4v) is 3.12. The van der Waals surface area contributed by atoms with Gasteiger partial charge < -0.3 is 9.64 Å². The van der Waals surface area contributed by atoms with Crippen molar-refractivity contribution in [2.75, 3.05) is 46.4 Å². The first-order chi connectivity index (χ1) is 6.83. The Hall–Kier alpha value is -0.120. The zero-order valence-corrected chi connectivity index (χ0v) is 8.98. The molecule has 0 aromatic rings. The van der Waals surface area contributed by atoms with E-state index >= 15 is 0 Å². The number of fused-ring (bicyclic) bond motifs is 1. The van der Waals surface area contributed by atoms with E-state index in [9.17, 15) is 0 Å². The Morgan fingerprint density at radius 3 is 2.57 bits per heavy atom. The summed E-state index contributed by atoms with van der Waals surface area (Å²) in [6, 6.07) is 0.755. The quantitative estimate of drug-likeness (QED) is 0.598. The first kappa shape index (κ1) is 9.13. The summed E-state index contributed by atoms with van der Waals surface area (Å²) < 4.78 is 5.27. The van der Waals surface area contributed by atoms with E-state index in [2.05, 4.69) is 16.8 Å². The molecule has 0 amide bonds. The van der Waals surface area contributed by atoms with Gasteiger partial charge in [-0.25, -0.2) is 0 Å². The average molecular weight is 196 g/mol. The minimum absolute atomic E-state index is 0.755. The Bertz CT molecular complexity index is 217. The van der Waals surface area contributed by atoms with E-state index in [1.807, 2.05) is 0 Å². The van der Waals surface area contributed by atoms with Crippen LogP contribution in [0.4, 0.5) is 0 Å². The van der Waals surface area contributed by atoms with Crippen LogP contribution in [0.25, 0.3) is 0 Å². The molecule has 3 saturated heterocycles. The number of likely N-dealkylation sites (tertiary alicyclic amines) is 2. The summed E-state index contributed by atoms with van der Waals surface area (Å²) in [6.07, 6.45) is 1.41. The Morgan fingerprint density at radius 1 is 1.07 bits per heavy atom. The van der Waals surface area contributed by atoms with Crippen LogP contribution in [0.1, 0.15) is 6.42 Å². The maximum atomic E-state index is 5.27. The molecule has 0 spiro atoms. The summed E-state index contributed by atoms with van der Waals surface area (Å²) >= 11 is 0. The van der Waals surface area contributed by atoms with Gasteiger partial charge >= 0.3 is 0 Å². The fourth-order valence-electron chi connectivity index (χ4n) is 3.12. The van der Waals surface area contributed by atoms with E-state index in [4.69, 9.17) is 4.74 Å². The third-order valence-corrected chi connectivity index (χ3v) is 4.17. The molecule has 3 heteroatoms. The summed E-state index contributed by atoms with van der Waals surface area (Å²) in [6.45, 7) is 7.24. The minimum Gasteiger partial charge on any atom is -0.378 e. The number of nitrogens with zero attached hydrogens (tertiary/aromatic N) is 2. The summed E-state index contributed by atoms with van der Waals surface area (Å²) in [5, 5.41) is 0. The second kappa shape index (κ2) is 3.47. The van der Waals surface area contributed by atoms with Crippen molar-refractivity contribution in [2.45, 2.75) is 12.5 Å². The maximum absolute atomic E-state index is 5.27. The molecule has 3 heterocycles. The molecule has 3 aliphatic rings. The molecule has 0 radical (unpaired) electrons. The lowest BCUT2D eigenvalue weighted by atomic mass is 9.89. The van der Waals surface area contributed by atoms with Crippen molar-refractivity contribution >= 4 is 0 Å². The van der Waals surface area contributed by atoms with Crippen molar-refractivity contribution in [1.82, 2.24) is 9.80 Å². The Labute approximate surface area is 86.0 Å². The normalized spacial score (nSPS) is 40.9. The Kier molecular flexibility index (Phi) is 2.26. The van der Waals surface area contributed by atoms with E-state index in [-0.39, 0.29) is 0 Å². The van der Waals surface area contributed by atoms with E-state index in [1.165, 1.54) is 32.6 Å². The van der Waals surface area contributed by atoms with Crippen LogP contribution >= 0.6 is 0 Å². The standard InChI is InChI=1S/C11H20N2O/c1-12-3-2-9-5-13(6-10(9)4-12)11-7-14-8-11/h9-11H,2-8H2,1H3. The number of hydrogen-bond donors (Lipinski definition) is 0. The predicted molar refractivity (Wildman–Crippen MR) is 55.3 cm³/mol. The highest BCUT2D eigenvalue weighted by Gasteiger charge is 2.40. The van der Waals surface area contributed by atoms with Crippen molar-refractivity contribution in [3.05, 3.63) is 0 Å². The lowest BCUT2D eigenvalue weighted by molar-refractivity contribution is -0.0587. The van der Waals surface area contributed by atoms with Gasteiger partial charge in [-0.15, -0.1) is 0 Å². The number of rotatable bonds is 1. The molecule has 80 valence electrons. The SMILES string of the molecule is CN1CCC2CN(C3COC3)CC2C1. The van der Waals surface area contributed by atoms with Gasteiger partial charge in [0, 0.05) is 19.6 Å². The zero-order chi connectivity index (χ0) is 9.54. The van der Waals surface area contributed by atoms with Crippen LogP contribution in [0.2, 0.25) is 0 Å².